The van der Waals surface area contributed by atoms with Crippen LogP contribution >= 0.6 is 12.4 Å². The first-order valence-corrected chi connectivity index (χ1v) is 6.98. The minimum atomic E-state index is -0.407. The summed E-state index contributed by atoms with van der Waals surface area (Å²) in [4.78, 5) is 12.4. The molecule has 3 rings (SSSR count). The summed E-state index contributed by atoms with van der Waals surface area (Å²) in [6, 6.07) is 0. The lowest BCUT2D eigenvalue weighted by molar-refractivity contribution is -0.129. The number of halogens is 1. The third kappa shape index (κ3) is 2.64. The van der Waals surface area contributed by atoms with Gasteiger partial charge in [-0.3, -0.25) is 4.79 Å². The molecule has 1 aromatic rings. The third-order valence-corrected chi connectivity index (χ3v) is 4.53. The molecule has 1 unspecified atom stereocenters. The van der Waals surface area contributed by atoms with Crippen LogP contribution in [0.15, 0.2) is 0 Å². The molecule has 1 saturated heterocycles. The quantitative estimate of drug-likeness (QED) is 0.746. The zero-order valence-electron chi connectivity index (χ0n) is 11.6. The molecule has 0 aromatic carbocycles. The Labute approximate surface area is 124 Å². The number of carbonyl (C=O) groups excluding carboxylic acids is 1. The second kappa shape index (κ2) is 6.05. The minimum absolute atomic E-state index is 0. The fourth-order valence-electron chi connectivity index (χ4n) is 2.98. The van der Waals surface area contributed by atoms with Crippen molar-refractivity contribution in [3.05, 3.63) is 5.82 Å². The van der Waals surface area contributed by atoms with Crippen LogP contribution in [0.3, 0.4) is 0 Å². The van der Waals surface area contributed by atoms with Crippen LogP contribution in [-0.4, -0.2) is 39.6 Å². The Morgan fingerprint density at radius 1 is 1.40 bits per heavy atom. The highest BCUT2D eigenvalue weighted by molar-refractivity contribution is 5.85. The van der Waals surface area contributed by atoms with E-state index in [1.165, 1.54) is 0 Å². The molecule has 1 atom stereocenters. The maximum absolute atomic E-state index is 12.4. The SMILES string of the molecule is CC(C(=O)NC1(c2nn[nH]n2)CCCC1)C1CNC1.Cl. The van der Waals surface area contributed by atoms with E-state index in [1.54, 1.807) is 0 Å². The average Bonchev–Trinajstić information content (AvgIpc) is 2.97. The largest absolute Gasteiger partial charge is 0.343 e. The van der Waals surface area contributed by atoms with Crippen LogP contribution in [0, 0.1) is 11.8 Å². The lowest BCUT2D eigenvalue weighted by Gasteiger charge is -2.34. The number of aromatic nitrogens is 4. The van der Waals surface area contributed by atoms with E-state index in [1.807, 2.05) is 6.92 Å². The van der Waals surface area contributed by atoms with Crippen molar-refractivity contribution in [1.82, 2.24) is 31.3 Å². The summed E-state index contributed by atoms with van der Waals surface area (Å²) >= 11 is 0. The molecule has 1 aliphatic heterocycles. The van der Waals surface area contributed by atoms with E-state index in [4.69, 9.17) is 0 Å². The highest BCUT2D eigenvalue weighted by Crippen LogP contribution is 2.37. The van der Waals surface area contributed by atoms with E-state index >= 15 is 0 Å². The fraction of sp³-hybridized carbons (Fsp3) is 0.833. The van der Waals surface area contributed by atoms with Gasteiger partial charge in [-0.05, 0) is 31.8 Å². The zero-order chi connectivity index (χ0) is 13.3. The van der Waals surface area contributed by atoms with Crippen LogP contribution < -0.4 is 10.6 Å². The molecule has 7 nitrogen and oxygen atoms in total. The van der Waals surface area contributed by atoms with Gasteiger partial charge in [-0.2, -0.15) is 5.21 Å². The first-order valence-electron chi connectivity index (χ1n) is 6.98. The molecule has 3 N–H and O–H groups in total. The van der Waals surface area contributed by atoms with E-state index in [0.29, 0.717) is 11.7 Å². The standard InChI is InChI=1S/C12H20N6O.ClH/c1-8(9-6-13-7-9)10(19)14-12(4-2-3-5-12)11-15-17-18-16-11;/h8-9,13H,2-7H2,1H3,(H,14,19)(H,15,16,17,18);1H. The summed E-state index contributed by atoms with van der Waals surface area (Å²) in [5.41, 5.74) is -0.407. The summed E-state index contributed by atoms with van der Waals surface area (Å²) in [5, 5.41) is 20.7. The molecule has 2 heterocycles. The van der Waals surface area contributed by atoms with Gasteiger partial charge in [-0.25, -0.2) is 0 Å². The number of nitrogens with zero attached hydrogens (tertiary/aromatic N) is 3. The smallest absolute Gasteiger partial charge is 0.224 e. The van der Waals surface area contributed by atoms with Crippen molar-refractivity contribution in [2.45, 2.75) is 38.1 Å². The molecule has 1 saturated carbocycles. The Bertz CT molecular complexity index is 441. The maximum Gasteiger partial charge on any atom is 0.224 e. The van der Waals surface area contributed by atoms with Crippen LogP contribution in [0.4, 0.5) is 0 Å². The number of hydrogen-bond acceptors (Lipinski definition) is 5. The first-order chi connectivity index (χ1) is 9.21. The normalized spacial score (nSPS) is 22.6. The highest BCUT2D eigenvalue weighted by Gasteiger charge is 2.42. The van der Waals surface area contributed by atoms with Gasteiger partial charge in [-0.1, -0.05) is 25.0 Å². The topological polar surface area (TPSA) is 95.6 Å². The monoisotopic (exact) mass is 300 g/mol. The Kier molecular flexibility index (Phi) is 4.59. The Morgan fingerprint density at radius 3 is 2.60 bits per heavy atom. The fourth-order valence-corrected chi connectivity index (χ4v) is 2.98. The van der Waals surface area contributed by atoms with Gasteiger partial charge in [-0.15, -0.1) is 22.6 Å². The van der Waals surface area contributed by atoms with Gasteiger partial charge in [0.1, 0.15) is 5.54 Å². The summed E-state index contributed by atoms with van der Waals surface area (Å²) in [6.45, 7) is 3.87. The minimum Gasteiger partial charge on any atom is -0.343 e. The number of hydrogen-bond donors (Lipinski definition) is 3. The van der Waals surface area contributed by atoms with E-state index in [0.717, 1.165) is 38.8 Å². The molecule has 2 fully saturated rings. The van der Waals surface area contributed by atoms with Crippen LogP contribution in [0.2, 0.25) is 0 Å². The number of rotatable bonds is 4. The van der Waals surface area contributed by atoms with E-state index < -0.39 is 5.54 Å². The number of aromatic amines is 1. The predicted octanol–water partition coefficient (Wildman–Crippen LogP) is 0.362. The first kappa shape index (κ1) is 15.2. The van der Waals surface area contributed by atoms with Crippen LogP contribution in [0.25, 0.3) is 0 Å². The molecule has 2 aliphatic rings. The lowest BCUT2D eigenvalue weighted by atomic mass is 9.86. The predicted molar refractivity (Wildman–Crippen MR) is 75.2 cm³/mol. The molecule has 1 amide bonds. The Hall–Kier alpha value is -1.21. The van der Waals surface area contributed by atoms with Gasteiger partial charge in [0.25, 0.3) is 0 Å². The summed E-state index contributed by atoms with van der Waals surface area (Å²) < 4.78 is 0. The van der Waals surface area contributed by atoms with Gasteiger partial charge >= 0.3 is 0 Å². The Morgan fingerprint density at radius 2 is 2.10 bits per heavy atom. The van der Waals surface area contributed by atoms with Crippen molar-refractivity contribution in [3.63, 3.8) is 0 Å². The van der Waals surface area contributed by atoms with Crippen LogP contribution in [0.5, 0.6) is 0 Å². The van der Waals surface area contributed by atoms with Gasteiger partial charge in [0, 0.05) is 5.92 Å². The van der Waals surface area contributed by atoms with Crippen molar-refractivity contribution in [1.29, 1.82) is 0 Å². The second-order valence-corrected chi connectivity index (χ2v) is 5.72. The molecule has 0 bridgehead atoms. The van der Waals surface area contributed by atoms with Crippen molar-refractivity contribution < 1.29 is 4.79 Å². The van der Waals surface area contributed by atoms with Crippen LogP contribution in [0.1, 0.15) is 38.4 Å². The van der Waals surface area contributed by atoms with Crippen molar-refractivity contribution in [2.75, 3.05) is 13.1 Å². The van der Waals surface area contributed by atoms with E-state index in [-0.39, 0.29) is 24.2 Å². The van der Waals surface area contributed by atoms with Crippen molar-refractivity contribution in [3.8, 4) is 0 Å². The molecule has 20 heavy (non-hydrogen) atoms. The number of tetrazole rings is 1. The van der Waals surface area contributed by atoms with Crippen LogP contribution in [-0.2, 0) is 10.3 Å². The average molecular weight is 301 g/mol. The number of nitrogens with one attached hydrogen (secondary N) is 3. The highest BCUT2D eigenvalue weighted by atomic mass is 35.5. The zero-order valence-corrected chi connectivity index (χ0v) is 12.4. The van der Waals surface area contributed by atoms with Gasteiger partial charge < -0.3 is 10.6 Å². The molecule has 1 aliphatic carbocycles. The molecule has 0 spiro atoms. The van der Waals surface area contributed by atoms with Gasteiger partial charge in [0.2, 0.25) is 5.91 Å². The Balaban J connectivity index is 0.00000147. The van der Waals surface area contributed by atoms with Crippen molar-refractivity contribution >= 4 is 18.3 Å². The molecular weight excluding hydrogens is 280 g/mol. The summed E-state index contributed by atoms with van der Waals surface area (Å²) in [5.74, 6) is 1.21. The molecule has 0 radical (unpaired) electrons. The van der Waals surface area contributed by atoms with Gasteiger partial charge in [0.15, 0.2) is 5.82 Å². The molecule has 1 aromatic heterocycles. The van der Waals surface area contributed by atoms with Gasteiger partial charge in [0.05, 0.1) is 0 Å². The number of H-pyrrole nitrogens is 1. The molecule has 112 valence electrons. The molecular formula is C12H21ClN6O. The van der Waals surface area contributed by atoms with E-state index in [2.05, 4.69) is 31.3 Å². The van der Waals surface area contributed by atoms with Crippen molar-refractivity contribution in [2.24, 2.45) is 11.8 Å². The summed E-state index contributed by atoms with van der Waals surface area (Å²) in [7, 11) is 0. The molecule has 8 heteroatoms. The third-order valence-electron chi connectivity index (χ3n) is 4.53. The second-order valence-electron chi connectivity index (χ2n) is 5.72. The number of carbonyl (C=O) groups is 1. The maximum atomic E-state index is 12.4. The number of amides is 1. The summed E-state index contributed by atoms with van der Waals surface area (Å²) in [6.07, 6.45) is 3.98. The van der Waals surface area contributed by atoms with E-state index in [9.17, 15) is 4.79 Å². The lowest BCUT2D eigenvalue weighted by Crippen LogP contribution is -2.53.